The Bertz CT molecular complexity index is 127. The molecule has 0 saturated heterocycles. The first kappa shape index (κ1) is 18.7. The van der Waals surface area contributed by atoms with Gasteiger partial charge in [0.1, 0.15) is 0 Å². The summed E-state index contributed by atoms with van der Waals surface area (Å²) in [6, 6.07) is 2.16. The summed E-state index contributed by atoms with van der Waals surface area (Å²) < 4.78 is 12.1. The van der Waals surface area contributed by atoms with Gasteiger partial charge in [-0.1, -0.05) is 40.5 Å². The summed E-state index contributed by atoms with van der Waals surface area (Å²) in [4.78, 5) is 0. The third kappa shape index (κ3) is 7.60. The van der Waals surface area contributed by atoms with Crippen molar-refractivity contribution in [3.63, 3.8) is 0 Å². The van der Waals surface area contributed by atoms with Gasteiger partial charge in [0, 0.05) is 13.2 Å². The van der Waals surface area contributed by atoms with Gasteiger partial charge in [-0.3, -0.25) is 0 Å². The Balaban J connectivity index is 0. The second-order valence-electron chi connectivity index (χ2n) is 4.02. The van der Waals surface area contributed by atoms with Crippen LogP contribution in [-0.2, 0) is 8.85 Å². The minimum absolute atomic E-state index is 0. The highest BCUT2D eigenvalue weighted by molar-refractivity contribution is 6.67. The third-order valence-electron chi connectivity index (χ3n) is 2.80. The van der Waals surface area contributed by atoms with E-state index in [0.29, 0.717) is 0 Å². The molecule has 0 radical (unpaired) electrons. The van der Waals surface area contributed by atoms with Crippen molar-refractivity contribution in [3.8, 4) is 0 Å². The Hall–Kier alpha value is 0.354. The van der Waals surface area contributed by atoms with Crippen molar-refractivity contribution in [2.45, 2.75) is 65.5 Å². The lowest BCUT2D eigenvalue weighted by Gasteiger charge is -2.28. The maximum Gasteiger partial charge on any atom is 0.337 e. The minimum atomic E-state index is -1.82. The van der Waals surface area contributed by atoms with Gasteiger partial charge in [0.15, 0.2) is 0 Å². The van der Waals surface area contributed by atoms with Crippen molar-refractivity contribution in [1.82, 2.24) is 0 Å². The molecule has 0 rings (SSSR count). The molecule has 0 bridgehead atoms. The van der Waals surface area contributed by atoms with Crippen LogP contribution in [0.25, 0.3) is 0 Å². The molecule has 4 heteroatoms. The molecule has 0 saturated carbocycles. The monoisotopic (exact) mass is 264 g/mol. The molecule has 16 heavy (non-hydrogen) atoms. The number of hydrogen-bond donors (Lipinski definition) is 0. The van der Waals surface area contributed by atoms with Crippen LogP contribution in [0.2, 0.25) is 12.1 Å². The van der Waals surface area contributed by atoms with Crippen molar-refractivity contribution < 1.29 is 8.85 Å². The van der Waals surface area contributed by atoms with Crippen molar-refractivity contribution >= 4 is 19.5 Å². The average molecular weight is 265 g/mol. The lowest BCUT2D eigenvalue weighted by Crippen LogP contribution is -2.41. The van der Waals surface area contributed by atoms with E-state index in [-0.39, 0.29) is 11.0 Å². The van der Waals surface area contributed by atoms with E-state index < -0.39 is 8.56 Å². The van der Waals surface area contributed by atoms with Gasteiger partial charge in [0.25, 0.3) is 0 Å². The Morgan fingerprint density at radius 2 is 1.12 bits per heavy atom. The van der Waals surface area contributed by atoms with Gasteiger partial charge in [-0.15, -0.1) is 0 Å². The van der Waals surface area contributed by atoms with E-state index >= 15 is 0 Å². The highest BCUT2D eigenvalue weighted by Crippen LogP contribution is 2.19. The van der Waals surface area contributed by atoms with Gasteiger partial charge in [-0.25, -0.2) is 0 Å². The molecule has 0 heterocycles. The number of unbranched alkanes of at least 4 members (excludes halogenated alkanes) is 2. The van der Waals surface area contributed by atoms with Crippen LogP contribution in [0.5, 0.6) is 0 Å². The predicted molar refractivity (Wildman–Crippen MR) is 79.8 cm³/mol. The lowest BCUT2D eigenvalue weighted by molar-refractivity contribution is 0.165. The smallest absolute Gasteiger partial charge is 0.337 e. The Labute approximate surface area is 107 Å². The van der Waals surface area contributed by atoms with Gasteiger partial charge in [0.2, 0.25) is 0 Å². The Morgan fingerprint density at radius 3 is 1.38 bits per heavy atom. The van der Waals surface area contributed by atoms with E-state index in [4.69, 9.17) is 8.85 Å². The van der Waals surface area contributed by atoms with Crippen LogP contribution < -0.4 is 0 Å². The maximum absolute atomic E-state index is 6.03. The molecule has 100 valence electrons. The average Bonchev–Trinajstić information content (AvgIpc) is 2.28. The van der Waals surface area contributed by atoms with Gasteiger partial charge in [0.05, 0.1) is 0 Å². The van der Waals surface area contributed by atoms with Crippen LogP contribution in [0, 0.1) is 0 Å². The summed E-state index contributed by atoms with van der Waals surface area (Å²) in [5.41, 5.74) is 0. The second-order valence-corrected chi connectivity index (χ2v) is 7.83. The molecule has 0 amide bonds. The Kier molecular flexibility index (Phi) is 13.8. The normalized spacial score (nSPS) is 11.2. The molecule has 0 aliphatic heterocycles. The molecule has 2 nitrogen and oxygen atoms in total. The molecule has 0 aromatic carbocycles. The fourth-order valence-corrected chi connectivity index (χ4v) is 3.94. The fraction of sp³-hybridized carbons (Fsp3) is 1.00. The topological polar surface area (TPSA) is 18.5 Å². The van der Waals surface area contributed by atoms with Crippen molar-refractivity contribution in [1.29, 1.82) is 0 Å². The summed E-state index contributed by atoms with van der Waals surface area (Å²) in [5, 5.41) is 0. The van der Waals surface area contributed by atoms with Gasteiger partial charge in [-0.2, -0.15) is 0 Å². The first-order chi connectivity index (χ1) is 7.24. The summed E-state index contributed by atoms with van der Waals surface area (Å²) in [6.07, 6.45) is 4.72. The molecular weight excluding hydrogens is 232 g/mol. The summed E-state index contributed by atoms with van der Waals surface area (Å²) >= 11 is 0. The van der Waals surface area contributed by atoms with Crippen molar-refractivity contribution in [2.75, 3.05) is 13.2 Å². The zero-order valence-electron chi connectivity index (χ0n) is 11.0. The molecule has 0 aromatic rings. The van der Waals surface area contributed by atoms with Gasteiger partial charge < -0.3 is 8.85 Å². The summed E-state index contributed by atoms with van der Waals surface area (Å²) in [6.45, 7) is 10.6. The Morgan fingerprint density at radius 1 is 0.750 bits per heavy atom. The van der Waals surface area contributed by atoms with Gasteiger partial charge in [-0.05, 0) is 35.9 Å². The highest BCUT2D eigenvalue weighted by Gasteiger charge is 2.32. The van der Waals surface area contributed by atoms with Crippen molar-refractivity contribution in [3.05, 3.63) is 0 Å². The SMILES string of the molecule is CCCCO[Si](CC)(CC)OCCCC.[SiH4]. The molecule has 0 N–H and O–H groups in total. The van der Waals surface area contributed by atoms with E-state index in [2.05, 4.69) is 27.7 Å². The van der Waals surface area contributed by atoms with Gasteiger partial charge >= 0.3 is 8.56 Å². The van der Waals surface area contributed by atoms with E-state index in [0.717, 1.165) is 38.1 Å². The van der Waals surface area contributed by atoms with E-state index in [1.54, 1.807) is 0 Å². The quantitative estimate of drug-likeness (QED) is 0.446. The van der Waals surface area contributed by atoms with E-state index in [9.17, 15) is 0 Å². The van der Waals surface area contributed by atoms with Crippen LogP contribution in [0.3, 0.4) is 0 Å². The van der Waals surface area contributed by atoms with Crippen LogP contribution in [0.4, 0.5) is 0 Å². The molecule has 0 aliphatic rings. The molecule has 0 spiro atoms. The van der Waals surface area contributed by atoms with E-state index in [1.807, 2.05) is 0 Å². The van der Waals surface area contributed by atoms with Crippen LogP contribution in [-0.4, -0.2) is 32.7 Å². The summed E-state index contributed by atoms with van der Waals surface area (Å²) in [5.74, 6) is 0. The zero-order valence-corrected chi connectivity index (χ0v) is 12.0. The van der Waals surface area contributed by atoms with Crippen LogP contribution >= 0.6 is 0 Å². The largest absolute Gasteiger partial charge is 0.394 e. The molecule has 0 aromatic heterocycles. The summed E-state index contributed by atoms with van der Waals surface area (Å²) in [7, 11) is -1.82. The molecule has 0 unspecified atom stereocenters. The number of rotatable bonds is 10. The molecule has 0 atom stereocenters. The van der Waals surface area contributed by atoms with Crippen LogP contribution in [0.1, 0.15) is 53.4 Å². The predicted octanol–water partition coefficient (Wildman–Crippen LogP) is 2.65. The molecule has 0 aliphatic carbocycles. The minimum Gasteiger partial charge on any atom is -0.394 e. The van der Waals surface area contributed by atoms with Crippen molar-refractivity contribution in [2.24, 2.45) is 0 Å². The first-order valence-corrected chi connectivity index (χ1v) is 8.75. The van der Waals surface area contributed by atoms with E-state index in [1.165, 1.54) is 12.8 Å². The van der Waals surface area contributed by atoms with Crippen LogP contribution in [0.15, 0.2) is 0 Å². The first-order valence-electron chi connectivity index (χ1n) is 6.52. The zero-order chi connectivity index (χ0) is 11.6. The third-order valence-corrected chi connectivity index (χ3v) is 6.42. The molecule has 0 fully saturated rings. The fourth-order valence-electron chi connectivity index (χ4n) is 1.50. The standard InChI is InChI=1S/C12H28O2Si.H4Si/c1-5-9-11-13-15(7-3,8-4)14-12-10-6-2;/h5-12H2,1-4H3;1H4. The maximum atomic E-state index is 6.03. The highest BCUT2D eigenvalue weighted by atomic mass is 28.4. The lowest BCUT2D eigenvalue weighted by atomic mass is 10.4. The molecular formula is C12H32O2Si2. The number of hydrogen-bond acceptors (Lipinski definition) is 2. The second kappa shape index (κ2) is 11.8.